The van der Waals surface area contributed by atoms with Crippen molar-refractivity contribution in [2.45, 2.75) is 103 Å². The molecule has 87 heavy (non-hydrogen) atoms. The highest BCUT2D eigenvalue weighted by molar-refractivity contribution is 14.1. The molecule has 464 valence electrons. The van der Waals surface area contributed by atoms with Gasteiger partial charge in [-0.05, 0) is 149 Å². The number of likely N-dealkylation sites (tertiary alicyclic amines) is 2. The molecule has 2 fully saturated rings. The average molecular weight is 1310 g/mol. The van der Waals surface area contributed by atoms with E-state index in [1.807, 2.05) is 160 Å². The fourth-order valence-electron chi connectivity index (χ4n) is 9.20. The first-order valence-electron chi connectivity index (χ1n) is 28.8. The van der Waals surface area contributed by atoms with Crippen LogP contribution in [0, 0.1) is 3.70 Å². The van der Waals surface area contributed by atoms with Gasteiger partial charge in [0.25, 0.3) is 0 Å². The van der Waals surface area contributed by atoms with E-state index in [2.05, 4.69) is 43.0 Å². The van der Waals surface area contributed by atoms with Crippen LogP contribution in [0.15, 0.2) is 134 Å². The van der Waals surface area contributed by atoms with Crippen LogP contribution in [0.25, 0.3) is 22.1 Å². The van der Waals surface area contributed by atoms with E-state index in [9.17, 15) is 19.8 Å². The summed E-state index contributed by atoms with van der Waals surface area (Å²) in [5, 5.41) is 35.4. The molecule has 0 bridgehead atoms. The number of halogens is 1. The molecule has 2 aliphatic rings. The predicted octanol–water partition coefficient (Wildman–Crippen LogP) is 9.59. The van der Waals surface area contributed by atoms with Crippen LogP contribution in [0.2, 0.25) is 0 Å². The van der Waals surface area contributed by atoms with E-state index in [1.54, 1.807) is 48.5 Å². The summed E-state index contributed by atoms with van der Waals surface area (Å²) < 4.78 is 49.0. The number of aromatic nitrogens is 6. The molecule has 0 spiro atoms. The summed E-state index contributed by atoms with van der Waals surface area (Å²) in [6.45, 7) is 15.0. The molecule has 0 radical (unpaired) electrons. The molecule has 2 aliphatic heterocycles. The average Bonchev–Trinajstić information content (AvgIpc) is 2.27. The van der Waals surface area contributed by atoms with Crippen LogP contribution >= 0.6 is 22.6 Å². The summed E-state index contributed by atoms with van der Waals surface area (Å²) in [6, 6.07) is 38.0. The van der Waals surface area contributed by atoms with Gasteiger partial charge in [-0.2, -0.15) is 10.2 Å². The number of ether oxygens (including phenoxy) is 8. The maximum absolute atomic E-state index is 12.7. The number of anilines is 1. The third kappa shape index (κ3) is 19.4. The zero-order valence-corrected chi connectivity index (χ0v) is 52.7. The Labute approximate surface area is 520 Å². The Hall–Kier alpha value is -8.13. The maximum atomic E-state index is 12.7. The normalized spacial score (nSPS) is 15.5. The van der Waals surface area contributed by atoms with Gasteiger partial charge in [-0.25, -0.2) is 28.9 Å². The zero-order chi connectivity index (χ0) is 62.1. The molecule has 2 saturated heterocycles. The Morgan fingerprint density at radius 3 is 1.48 bits per heavy atom. The number of hydrogen-bond acceptors (Lipinski definition) is 18. The van der Waals surface area contributed by atoms with Crippen molar-refractivity contribution in [1.29, 1.82) is 0 Å². The van der Waals surface area contributed by atoms with Crippen molar-refractivity contribution in [3.63, 3.8) is 0 Å². The lowest BCUT2D eigenvalue weighted by Crippen LogP contribution is -2.36. The van der Waals surface area contributed by atoms with E-state index in [-0.39, 0.29) is 50.7 Å². The summed E-state index contributed by atoms with van der Waals surface area (Å²) in [5.41, 5.74) is 8.17. The number of carbonyl (C=O) groups excluding carboxylic acids is 2. The molecule has 6 heterocycles. The third-order valence-electron chi connectivity index (χ3n) is 13.4. The summed E-state index contributed by atoms with van der Waals surface area (Å²) in [6.07, 6.45) is 2.76. The number of pyridine rings is 2. The number of nitrogens with one attached hydrogen (secondary N) is 1. The van der Waals surface area contributed by atoms with Gasteiger partial charge in [0.1, 0.15) is 93.4 Å². The Bertz CT molecular complexity index is 3450. The number of rotatable bonds is 20. The van der Waals surface area contributed by atoms with E-state index in [0.717, 1.165) is 56.7 Å². The van der Waals surface area contributed by atoms with Crippen molar-refractivity contribution in [3.8, 4) is 34.5 Å². The van der Waals surface area contributed by atoms with Crippen molar-refractivity contribution in [2.75, 3.05) is 72.1 Å². The number of fused-ring (bicyclic) bond motifs is 2. The number of benzene rings is 4. The van der Waals surface area contributed by atoms with Gasteiger partial charge in [-0.15, -0.1) is 0 Å². The Morgan fingerprint density at radius 2 is 1.02 bits per heavy atom. The molecule has 2 amide bonds. The molecule has 5 N–H and O–H groups in total. The minimum Gasteiger partial charge on any atom is -0.497 e. The minimum absolute atomic E-state index is 0.0187. The second kappa shape index (κ2) is 30.5. The molecule has 2 unspecified atom stereocenters. The Morgan fingerprint density at radius 1 is 0.586 bits per heavy atom. The van der Waals surface area contributed by atoms with Crippen LogP contribution in [0.4, 0.5) is 15.4 Å². The van der Waals surface area contributed by atoms with Gasteiger partial charge in [-0.3, -0.25) is 0 Å². The number of nitrogens with zero attached hydrogens (tertiary/aromatic N) is 8. The molecule has 4 atom stereocenters. The smallest absolute Gasteiger partial charge is 0.410 e. The minimum atomic E-state index is -0.855. The fraction of sp³-hybridized carbons (Fsp3) is 0.406. The van der Waals surface area contributed by atoms with Gasteiger partial charge >= 0.3 is 12.2 Å². The fourth-order valence-corrected chi connectivity index (χ4v) is 9.96. The first-order chi connectivity index (χ1) is 41.7. The number of hydrogen-bond donors (Lipinski definition) is 4. The molecule has 10 rings (SSSR count). The van der Waals surface area contributed by atoms with Gasteiger partial charge in [0.2, 0.25) is 0 Å². The van der Waals surface area contributed by atoms with Crippen molar-refractivity contribution >= 4 is 62.7 Å². The summed E-state index contributed by atoms with van der Waals surface area (Å²) >= 11 is 2.18. The summed E-state index contributed by atoms with van der Waals surface area (Å²) in [4.78, 5) is 36.6. The lowest BCUT2D eigenvalue weighted by atomic mass is 10.2. The zero-order valence-electron chi connectivity index (χ0n) is 50.5. The van der Waals surface area contributed by atoms with E-state index in [4.69, 9.17) is 48.7 Å². The Kier molecular flexibility index (Phi) is 22.7. The monoisotopic (exact) mass is 1310 g/mol. The van der Waals surface area contributed by atoms with Crippen LogP contribution in [0.3, 0.4) is 0 Å². The lowest BCUT2D eigenvalue weighted by Gasteiger charge is -2.24. The highest BCUT2D eigenvalue weighted by Gasteiger charge is 2.32. The number of methoxy groups -OCH3 is 2. The molecule has 23 heteroatoms. The molecule has 22 nitrogen and oxygen atoms in total. The van der Waals surface area contributed by atoms with Crippen LogP contribution in [0.5, 0.6) is 34.5 Å². The largest absolute Gasteiger partial charge is 0.497 e. The van der Waals surface area contributed by atoms with Crippen LogP contribution in [-0.2, 0) is 22.6 Å². The quantitative estimate of drug-likeness (QED) is 0.0518. The van der Waals surface area contributed by atoms with Crippen molar-refractivity contribution in [3.05, 3.63) is 149 Å². The number of amides is 2. The molecule has 4 aromatic carbocycles. The third-order valence-corrected chi connectivity index (χ3v) is 14.2. The van der Waals surface area contributed by atoms with Crippen LogP contribution in [0.1, 0.15) is 65.5 Å². The first-order valence-corrected chi connectivity index (χ1v) is 29.9. The lowest BCUT2D eigenvalue weighted by molar-refractivity contribution is 0.0282. The number of aliphatic hydroxyl groups is 2. The topological polar surface area (TPSA) is 254 Å². The predicted molar refractivity (Wildman–Crippen MR) is 339 cm³/mol. The number of nitrogens with two attached hydrogens (primary N) is 1. The number of para-hydroxylation sites is 2. The molecule has 0 saturated carbocycles. The highest BCUT2D eigenvalue weighted by Crippen LogP contribution is 2.34. The SMILES string of the molecule is CC(C)(C)OC(=O)N1CC[C@@H](N)C1.COc1ccc(Cn2nc(I)c3c(OCC(O)COc4ccccc4)ccnc32)cc1.COc1ccc(Cn2nc(N[C@@H]3CCN(C(=O)OC(C)(C)C)C3)c3c(OCC(O)COc4ccccc4)ccnc32)cc1. The van der Waals surface area contributed by atoms with Gasteiger partial charge in [0.15, 0.2) is 17.1 Å². The Balaban J connectivity index is 0.000000193. The standard InChI is InChI=1S/C32H39N5O6.C23H22IN3O4.C9H18N2O2/c1-32(2,3)43-31(39)36-17-15-23(19-36)34-29-28-27(42-21-24(38)20-41-26-8-6-5-7-9-26)14-16-33-30(28)37(35-29)18-22-10-12-25(40-4)13-11-22;1-29-18-9-7-16(8-10-18)13-27-23-21(22(24)26-27)20(11-12-25-23)31-15-17(28)14-30-19-5-3-2-4-6-19;1-9(2,3)13-8(12)11-5-4-7(10)6-11/h5-14,16,23-24,38H,15,17-21H2,1-4H3,(H,34,35);2-12,17,28H,13-15H2,1H3;7H,4-6,10H2,1-3H3/t23-,24?;;7-/m1.1/s1. The van der Waals surface area contributed by atoms with Crippen molar-refractivity contribution < 1.29 is 57.7 Å². The molecule has 8 aromatic rings. The highest BCUT2D eigenvalue weighted by atomic mass is 127. The van der Waals surface area contributed by atoms with E-state index in [0.29, 0.717) is 72.6 Å². The van der Waals surface area contributed by atoms with E-state index < -0.39 is 23.4 Å². The van der Waals surface area contributed by atoms with Crippen molar-refractivity contribution in [2.24, 2.45) is 5.73 Å². The molecule has 4 aromatic heterocycles. The number of aliphatic hydroxyl groups excluding tert-OH is 2. The second-order valence-electron chi connectivity index (χ2n) is 22.9. The van der Waals surface area contributed by atoms with Crippen LogP contribution in [-0.4, -0.2) is 164 Å². The summed E-state index contributed by atoms with van der Waals surface area (Å²) in [5.74, 6) is 4.74. The second-order valence-corrected chi connectivity index (χ2v) is 23.9. The maximum Gasteiger partial charge on any atom is 0.410 e. The van der Waals surface area contributed by atoms with E-state index in [1.165, 1.54) is 0 Å². The van der Waals surface area contributed by atoms with Crippen LogP contribution < -0.4 is 39.5 Å². The van der Waals surface area contributed by atoms with Crippen molar-refractivity contribution in [1.82, 2.24) is 39.3 Å². The van der Waals surface area contributed by atoms with Gasteiger partial charge in [0.05, 0.1) is 32.7 Å². The van der Waals surface area contributed by atoms with Gasteiger partial charge in [0, 0.05) is 50.7 Å². The van der Waals surface area contributed by atoms with E-state index >= 15 is 0 Å². The molecular weight excluding hydrogens is 1230 g/mol. The molecular formula is C64H79IN10O12. The number of carbonyl (C=O) groups is 2. The molecule has 0 aliphatic carbocycles. The van der Waals surface area contributed by atoms with Gasteiger partial charge in [-0.1, -0.05) is 60.7 Å². The first kappa shape index (κ1) is 64.9. The summed E-state index contributed by atoms with van der Waals surface area (Å²) in [7, 11) is 3.28. The van der Waals surface area contributed by atoms with Gasteiger partial charge < -0.3 is 69.0 Å².